The number of carbonyl (C=O) groups is 1. The van der Waals surface area contributed by atoms with E-state index in [1.54, 1.807) is 6.92 Å². The quantitative estimate of drug-likeness (QED) is 0.674. The average Bonchev–Trinajstić information content (AvgIpc) is 2.04. The first-order valence-corrected chi connectivity index (χ1v) is 4.75. The molecule has 0 saturated carbocycles. The Kier molecular flexibility index (Phi) is 3.48. The summed E-state index contributed by atoms with van der Waals surface area (Å²) in [5.41, 5.74) is 0.731. The van der Waals surface area contributed by atoms with E-state index < -0.39 is 12.0 Å². The molecule has 13 heavy (non-hydrogen) atoms. The molecule has 3 heteroatoms. The van der Waals surface area contributed by atoms with Crippen molar-refractivity contribution >= 4 is 5.97 Å². The fourth-order valence-corrected chi connectivity index (χ4v) is 1.86. The van der Waals surface area contributed by atoms with Crippen LogP contribution in [0.4, 0.5) is 0 Å². The number of aliphatic carboxylic acids is 1. The van der Waals surface area contributed by atoms with E-state index in [0.29, 0.717) is 0 Å². The zero-order chi connectivity index (χ0) is 9.84. The minimum Gasteiger partial charge on any atom is -0.480 e. The molecular formula is C10H17NO2. The van der Waals surface area contributed by atoms with Crippen molar-refractivity contribution in [1.82, 2.24) is 4.90 Å². The zero-order valence-electron chi connectivity index (χ0n) is 8.12. The maximum Gasteiger partial charge on any atom is 0.325 e. The van der Waals surface area contributed by atoms with Crippen LogP contribution in [0.2, 0.25) is 0 Å². The zero-order valence-corrected chi connectivity index (χ0v) is 8.12. The number of likely N-dealkylation sites (tertiary alicyclic amines) is 1. The van der Waals surface area contributed by atoms with Gasteiger partial charge in [0.25, 0.3) is 0 Å². The summed E-state index contributed by atoms with van der Waals surface area (Å²) in [6, 6.07) is -0.472. The van der Waals surface area contributed by atoms with Gasteiger partial charge in [-0.25, -0.2) is 0 Å². The van der Waals surface area contributed by atoms with Crippen molar-refractivity contribution in [3.05, 3.63) is 12.2 Å². The van der Waals surface area contributed by atoms with Crippen LogP contribution in [0.15, 0.2) is 12.2 Å². The average molecular weight is 183 g/mol. The second-order valence-electron chi connectivity index (χ2n) is 3.68. The van der Waals surface area contributed by atoms with Gasteiger partial charge in [-0.3, -0.25) is 9.69 Å². The molecule has 0 amide bonds. The predicted octanol–water partition coefficient (Wildman–Crippen LogP) is 1.50. The van der Waals surface area contributed by atoms with Crippen molar-refractivity contribution < 1.29 is 9.90 Å². The smallest absolute Gasteiger partial charge is 0.325 e. The lowest BCUT2D eigenvalue weighted by Crippen LogP contribution is -2.44. The summed E-state index contributed by atoms with van der Waals surface area (Å²) in [6.45, 7) is 7.30. The van der Waals surface area contributed by atoms with Crippen molar-refractivity contribution in [2.75, 3.05) is 13.1 Å². The third-order valence-corrected chi connectivity index (χ3v) is 2.46. The Morgan fingerprint density at radius 2 is 1.92 bits per heavy atom. The van der Waals surface area contributed by atoms with E-state index in [1.807, 2.05) is 4.90 Å². The van der Waals surface area contributed by atoms with E-state index in [0.717, 1.165) is 31.5 Å². The number of piperidine rings is 1. The topological polar surface area (TPSA) is 40.5 Å². The standard InChI is InChI=1S/C10H17NO2/c1-8(2)9(10(12)13)11-6-4-3-5-7-11/h9H,1,3-7H2,2H3,(H,12,13). The van der Waals surface area contributed by atoms with E-state index >= 15 is 0 Å². The minimum atomic E-state index is -0.769. The van der Waals surface area contributed by atoms with Crippen LogP contribution in [0.5, 0.6) is 0 Å². The summed E-state index contributed by atoms with van der Waals surface area (Å²) < 4.78 is 0. The number of carboxylic acids is 1. The van der Waals surface area contributed by atoms with Crippen LogP contribution in [0.25, 0.3) is 0 Å². The monoisotopic (exact) mass is 183 g/mol. The van der Waals surface area contributed by atoms with Crippen LogP contribution in [0, 0.1) is 0 Å². The molecule has 1 aliphatic rings. The van der Waals surface area contributed by atoms with Crippen molar-refractivity contribution in [2.24, 2.45) is 0 Å². The van der Waals surface area contributed by atoms with Crippen molar-refractivity contribution in [3.63, 3.8) is 0 Å². The van der Waals surface area contributed by atoms with Crippen LogP contribution >= 0.6 is 0 Å². The molecule has 0 aromatic carbocycles. The minimum absolute atomic E-state index is 0.472. The van der Waals surface area contributed by atoms with Gasteiger partial charge in [-0.2, -0.15) is 0 Å². The number of hydrogen-bond donors (Lipinski definition) is 1. The van der Waals surface area contributed by atoms with Crippen LogP contribution in [0.3, 0.4) is 0 Å². The van der Waals surface area contributed by atoms with Gasteiger partial charge in [0, 0.05) is 0 Å². The van der Waals surface area contributed by atoms with Gasteiger partial charge in [0.2, 0.25) is 0 Å². The Labute approximate surface area is 79.0 Å². The summed E-state index contributed by atoms with van der Waals surface area (Å²) in [5.74, 6) is -0.769. The summed E-state index contributed by atoms with van der Waals surface area (Å²) in [4.78, 5) is 12.9. The van der Waals surface area contributed by atoms with Gasteiger partial charge in [-0.15, -0.1) is 0 Å². The Balaban J connectivity index is 2.62. The molecule has 0 radical (unpaired) electrons. The summed E-state index contributed by atoms with van der Waals surface area (Å²) in [6.07, 6.45) is 3.44. The fourth-order valence-electron chi connectivity index (χ4n) is 1.86. The predicted molar refractivity (Wildman–Crippen MR) is 51.7 cm³/mol. The van der Waals surface area contributed by atoms with Gasteiger partial charge in [0.15, 0.2) is 0 Å². The van der Waals surface area contributed by atoms with Gasteiger partial charge in [-0.1, -0.05) is 18.6 Å². The van der Waals surface area contributed by atoms with Gasteiger partial charge >= 0.3 is 5.97 Å². The van der Waals surface area contributed by atoms with Crippen molar-refractivity contribution in [1.29, 1.82) is 0 Å². The summed E-state index contributed by atoms with van der Waals surface area (Å²) in [5, 5.41) is 8.99. The Hall–Kier alpha value is -0.830. The highest BCUT2D eigenvalue weighted by molar-refractivity contribution is 5.77. The number of nitrogens with zero attached hydrogens (tertiary/aromatic N) is 1. The molecule has 74 valence electrons. The van der Waals surface area contributed by atoms with Crippen LogP contribution < -0.4 is 0 Å². The molecule has 0 bridgehead atoms. The van der Waals surface area contributed by atoms with Gasteiger partial charge in [0.05, 0.1) is 0 Å². The SMILES string of the molecule is C=C(C)C(C(=O)O)N1CCCCC1. The van der Waals surface area contributed by atoms with Gasteiger partial charge in [-0.05, 0) is 32.9 Å². The highest BCUT2D eigenvalue weighted by Gasteiger charge is 2.26. The molecule has 0 spiro atoms. The highest BCUT2D eigenvalue weighted by Crippen LogP contribution is 2.16. The molecule has 1 saturated heterocycles. The first kappa shape index (κ1) is 10.3. The first-order valence-electron chi connectivity index (χ1n) is 4.75. The first-order chi connectivity index (χ1) is 6.13. The van der Waals surface area contributed by atoms with E-state index in [-0.39, 0.29) is 0 Å². The summed E-state index contributed by atoms with van der Waals surface area (Å²) >= 11 is 0. The number of rotatable bonds is 3. The number of hydrogen-bond acceptors (Lipinski definition) is 2. The molecule has 1 N–H and O–H groups in total. The maximum atomic E-state index is 10.9. The van der Waals surface area contributed by atoms with Crippen molar-refractivity contribution in [3.8, 4) is 0 Å². The largest absolute Gasteiger partial charge is 0.480 e. The molecule has 1 heterocycles. The Morgan fingerprint density at radius 1 is 1.38 bits per heavy atom. The van der Waals surface area contributed by atoms with Crippen LogP contribution in [0.1, 0.15) is 26.2 Å². The molecule has 1 unspecified atom stereocenters. The third kappa shape index (κ3) is 2.56. The van der Waals surface area contributed by atoms with Crippen molar-refractivity contribution in [2.45, 2.75) is 32.2 Å². The second kappa shape index (κ2) is 4.42. The molecule has 1 atom stereocenters. The molecule has 1 rings (SSSR count). The fraction of sp³-hybridized carbons (Fsp3) is 0.700. The van der Waals surface area contributed by atoms with Crippen LogP contribution in [-0.4, -0.2) is 35.1 Å². The lowest BCUT2D eigenvalue weighted by molar-refractivity contribution is -0.142. The Bertz CT molecular complexity index is 193. The number of carboxylic acid groups (broad SMARTS) is 1. The van der Waals surface area contributed by atoms with E-state index in [1.165, 1.54) is 6.42 Å². The van der Waals surface area contributed by atoms with Gasteiger partial charge in [0.1, 0.15) is 6.04 Å². The third-order valence-electron chi connectivity index (χ3n) is 2.46. The normalized spacial score (nSPS) is 21.0. The molecule has 0 aliphatic carbocycles. The van der Waals surface area contributed by atoms with Crippen LogP contribution in [-0.2, 0) is 4.79 Å². The van der Waals surface area contributed by atoms with Gasteiger partial charge < -0.3 is 5.11 Å². The lowest BCUT2D eigenvalue weighted by atomic mass is 10.0. The molecule has 1 fully saturated rings. The highest BCUT2D eigenvalue weighted by atomic mass is 16.4. The molecule has 3 nitrogen and oxygen atoms in total. The molecule has 0 aromatic rings. The lowest BCUT2D eigenvalue weighted by Gasteiger charge is -2.32. The molecule has 1 aliphatic heterocycles. The van der Waals surface area contributed by atoms with E-state index in [2.05, 4.69) is 6.58 Å². The molecule has 0 aromatic heterocycles. The summed E-state index contributed by atoms with van der Waals surface area (Å²) in [7, 11) is 0. The Morgan fingerprint density at radius 3 is 2.31 bits per heavy atom. The maximum absolute atomic E-state index is 10.9. The van der Waals surface area contributed by atoms with E-state index in [9.17, 15) is 4.79 Å². The molecular weight excluding hydrogens is 166 g/mol. The van der Waals surface area contributed by atoms with E-state index in [4.69, 9.17) is 5.11 Å². The second-order valence-corrected chi connectivity index (χ2v) is 3.68.